The molecule has 0 aliphatic rings. The van der Waals surface area contributed by atoms with Gasteiger partial charge in [0.05, 0.1) is 11.0 Å². The average molecular weight is 231 g/mol. The van der Waals surface area contributed by atoms with Crippen LogP contribution in [0.1, 0.15) is 26.7 Å². The Morgan fingerprint density at radius 2 is 2.20 bits per heavy atom. The van der Waals surface area contributed by atoms with E-state index in [-0.39, 0.29) is 11.9 Å². The zero-order chi connectivity index (χ0) is 11.8. The molecule has 0 aromatic rings. The van der Waals surface area contributed by atoms with Gasteiger partial charge in [-0.05, 0) is 20.4 Å². The lowest BCUT2D eigenvalue weighted by atomic mass is 10.2. The van der Waals surface area contributed by atoms with Gasteiger partial charge in [-0.2, -0.15) is 0 Å². The normalized spacial score (nSPS) is 12.5. The van der Waals surface area contributed by atoms with Gasteiger partial charge in [0.2, 0.25) is 5.91 Å². The number of hydrogen-bond donors (Lipinski definition) is 2. The van der Waals surface area contributed by atoms with Crippen molar-refractivity contribution < 1.29 is 4.79 Å². The Morgan fingerprint density at radius 3 is 2.67 bits per heavy atom. The van der Waals surface area contributed by atoms with Crippen LogP contribution in [0.5, 0.6) is 0 Å². The molecule has 0 aliphatic carbocycles. The maximum Gasteiger partial charge on any atom is 0.237 e. The lowest BCUT2D eigenvalue weighted by Crippen LogP contribution is -2.44. The molecule has 3 N–H and O–H groups in total. The average Bonchev–Trinajstić information content (AvgIpc) is 2.21. The zero-order valence-corrected chi connectivity index (χ0v) is 10.6. The Kier molecular flexibility index (Phi) is 7.25. The van der Waals surface area contributed by atoms with E-state index >= 15 is 0 Å². The summed E-state index contributed by atoms with van der Waals surface area (Å²) in [7, 11) is 1.90. The summed E-state index contributed by atoms with van der Waals surface area (Å²) in [6, 6.07) is -0.133. The standard InChI is InChI=1S/C10H21N3OS/c1-4-6-12-10(14)8(2)13(3)7-5-9(11)15/h8H,4-7H2,1-3H3,(H2,11,15)(H,12,14). The molecule has 0 saturated heterocycles. The number of nitrogens with two attached hydrogens (primary N) is 1. The highest BCUT2D eigenvalue weighted by atomic mass is 32.1. The van der Waals surface area contributed by atoms with Gasteiger partial charge in [0.25, 0.3) is 0 Å². The SMILES string of the molecule is CCCNC(=O)C(C)N(C)CCC(N)=S. The number of likely N-dealkylation sites (N-methyl/N-ethyl adjacent to an activating group) is 1. The highest BCUT2D eigenvalue weighted by Gasteiger charge is 2.16. The van der Waals surface area contributed by atoms with Gasteiger partial charge in [-0.15, -0.1) is 0 Å². The molecule has 15 heavy (non-hydrogen) atoms. The molecule has 1 amide bonds. The highest BCUT2D eigenvalue weighted by Crippen LogP contribution is 1.97. The van der Waals surface area contributed by atoms with E-state index in [0.29, 0.717) is 11.4 Å². The molecule has 1 unspecified atom stereocenters. The van der Waals surface area contributed by atoms with E-state index in [4.69, 9.17) is 18.0 Å². The van der Waals surface area contributed by atoms with Crippen molar-refractivity contribution in [2.24, 2.45) is 5.73 Å². The molecule has 0 saturated carbocycles. The third-order valence-corrected chi connectivity index (χ3v) is 2.50. The van der Waals surface area contributed by atoms with E-state index in [1.165, 1.54) is 0 Å². The van der Waals surface area contributed by atoms with Crippen molar-refractivity contribution in [3.05, 3.63) is 0 Å². The molecule has 0 radical (unpaired) electrons. The van der Waals surface area contributed by atoms with E-state index in [9.17, 15) is 4.79 Å². The second kappa shape index (κ2) is 7.59. The van der Waals surface area contributed by atoms with Gasteiger partial charge < -0.3 is 11.1 Å². The van der Waals surface area contributed by atoms with E-state index in [0.717, 1.165) is 19.5 Å². The summed E-state index contributed by atoms with van der Waals surface area (Å²) in [5, 5.41) is 2.86. The molecule has 4 nitrogen and oxygen atoms in total. The van der Waals surface area contributed by atoms with Gasteiger partial charge in [0, 0.05) is 19.5 Å². The quantitative estimate of drug-likeness (QED) is 0.627. The predicted octanol–water partition coefficient (Wildman–Crippen LogP) is 0.509. The first-order valence-electron chi connectivity index (χ1n) is 5.25. The maximum atomic E-state index is 11.6. The first kappa shape index (κ1) is 14.3. The molecule has 0 spiro atoms. The molecule has 0 aromatic carbocycles. The summed E-state index contributed by atoms with van der Waals surface area (Å²) in [6.45, 7) is 5.36. The fourth-order valence-corrected chi connectivity index (χ4v) is 1.17. The van der Waals surface area contributed by atoms with Crippen molar-refractivity contribution in [2.45, 2.75) is 32.7 Å². The third kappa shape index (κ3) is 6.41. The van der Waals surface area contributed by atoms with Crippen molar-refractivity contribution in [2.75, 3.05) is 20.1 Å². The van der Waals surface area contributed by atoms with E-state index < -0.39 is 0 Å². The van der Waals surface area contributed by atoms with Gasteiger partial charge in [0.15, 0.2) is 0 Å². The van der Waals surface area contributed by atoms with Crippen molar-refractivity contribution in [1.29, 1.82) is 0 Å². The van der Waals surface area contributed by atoms with Gasteiger partial charge in [-0.3, -0.25) is 9.69 Å². The molecule has 5 heteroatoms. The minimum absolute atomic E-state index is 0.0577. The van der Waals surface area contributed by atoms with Gasteiger partial charge in [-0.1, -0.05) is 19.1 Å². The van der Waals surface area contributed by atoms with Crippen LogP contribution >= 0.6 is 12.2 Å². The first-order valence-corrected chi connectivity index (χ1v) is 5.66. The monoisotopic (exact) mass is 231 g/mol. The fourth-order valence-electron chi connectivity index (χ4n) is 1.08. The second-order valence-electron chi connectivity index (χ2n) is 3.66. The number of carbonyl (C=O) groups excluding carboxylic acids is 1. The predicted molar refractivity (Wildman–Crippen MR) is 66.8 cm³/mol. The van der Waals surface area contributed by atoms with Crippen LogP contribution in [0, 0.1) is 0 Å². The number of thiocarbonyl (C=S) groups is 1. The zero-order valence-electron chi connectivity index (χ0n) is 9.75. The highest BCUT2D eigenvalue weighted by molar-refractivity contribution is 7.80. The summed E-state index contributed by atoms with van der Waals surface area (Å²) in [5.74, 6) is 0.0577. The van der Waals surface area contributed by atoms with Gasteiger partial charge in [0.1, 0.15) is 0 Å². The maximum absolute atomic E-state index is 11.6. The Balaban J connectivity index is 3.90. The van der Waals surface area contributed by atoms with Crippen LogP contribution in [0.3, 0.4) is 0 Å². The van der Waals surface area contributed by atoms with E-state index in [1.807, 2.05) is 25.8 Å². The van der Waals surface area contributed by atoms with Crippen LogP contribution in [0.15, 0.2) is 0 Å². The Bertz CT molecular complexity index is 221. The summed E-state index contributed by atoms with van der Waals surface area (Å²) in [4.78, 5) is 14.0. The van der Waals surface area contributed by atoms with Crippen molar-refractivity contribution in [1.82, 2.24) is 10.2 Å². The van der Waals surface area contributed by atoms with Crippen LogP contribution in [-0.4, -0.2) is 42.0 Å². The molecule has 0 rings (SSSR count). The van der Waals surface area contributed by atoms with Crippen LogP contribution in [0.25, 0.3) is 0 Å². The van der Waals surface area contributed by atoms with E-state index in [2.05, 4.69) is 5.32 Å². The number of nitrogens with one attached hydrogen (secondary N) is 1. The summed E-state index contributed by atoms with van der Waals surface area (Å²) in [5.41, 5.74) is 5.40. The third-order valence-electron chi connectivity index (χ3n) is 2.30. The van der Waals surface area contributed by atoms with Gasteiger partial charge >= 0.3 is 0 Å². The van der Waals surface area contributed by atoms with Crippen LogP contribution in [0.4, 0.5) is 0 Å². The molecule has 0 fully saturated rings. The lowest BCUT2D eigenvalue weighted by Gasteiger charge is -2.23. The summed E-state index contributed by atoms with van der Waals surface area (Å²) in [6.07, 6.45) is 1.60. The summed E-state index contributed by atoms with van der Waals surface area (Å²) < 4.78 is 0. The van der Waals surface area contributed by atoms with Crippen LogP contribution in [0.2, 0.25) is 0 Å². The molecule has 1 atom stereocenters. The second-order valence-corrected chi connectivity index (χ2v) is 4.19. The molecule has 0 aromatic heterocycles. The smallest absolute Gasteiger partial charge is 0.237 e. The van der Waals surface area contributed by atoms with Crippen LogP contribution in [-0.2, 0) is 4.79 Å². The number of hydrogen-bond acceptors (Lipinski definition) is 3. The fraction of sp³-hybridized carbons (Fsp3) is 0.800. The number of rotatable bonds is 7. The lowest BCUT2D eigenvalue weighted by molar-refractivity contribution is -0.125. The number of carbonyl (C=O) groups is 1. The minimum Gasteiger partial charge on any atom is -0.393 e. The largest absolute Gasteiger partial charge is 0.393 e. The minimum atomic E-state index is -0.133. The molecule has 0 heterocycles. The van der Waals surface area contributed by atoms with Crippen molar-refractivity contribution in [3.8, 4) is 0 Å². The number of nitrogens with zero attached hydrogens (tertiary/aromatic N) is 1. The van der Waals surface area contributed by atoms with E-state index in [1.54, 1.807) is 0 Å². The molecular formula is C10H21N3OS. The topological polar surface area (TPSA) is 58.4 Å². The molecule has 88 valence electrons. The summed E-state index contributed by atoms with van der Waals surface area (Å²) >= 11 is 4.79. The molecule has 0 aliphatic heterocycles. The number of amides is 1. The van der Waals surface area contributed by atoms with Gasteiger partial charge in [-0.25, -0.2) is 0 Å². The van der Waals surface area contributed by atoms with Crippen molar-refractivity contribution >= 4 is 23.1 Å². The first-order chi connectivity index (χ1) is 6.99. The van der Waals surface area contributed by atoms with Crippen LogP contribution < -0.4 is 11.1 Å². The molecule has 0 bridgehead atoms. The Hall–Kier alpha value is -0.680. The Morgan fingerprint density at radius 1 is 1.60 bits per heavy atom. The van der Waals surface area contributed by atoms with Crippen molar-refractivity contribution in [3.63, 3.8) is 0 Å². The molecular weight excluding hydrogens is 210 g/mol. The Labute approximate surface area is 97.2 Å².